The van der Waals surface area contributed by atoms with Gasteiger partial charge < -0.3 is 10.5 Å². The van der Waals surface area contributed by atoms with Gasteiger partial charge >= 0.3 is 0 Å². The molecule has 0 fully saturated rings. The number of benzene rings is 1. The van der Waals surface area contributed by atoms with E-state index in [2.05, 4.69) is 5.10 Å². The third kappa shape index (κ3) is 3.95. The molecule has 0 saturated heterocycles. The van der Waals surface area contributed by atoms with Gasteiger partial charge in [-0.3, -0.25) is 4.68 Å². The van der Waals surface area contributed by atoms with E-state index >= 15 is 0 Å². The van der Waals surface area contributed by atoms with E-state index in [0.717, 1.165) is 30.0 Å². The van der Waals surface area contributed by atoms with E-state index in [0.29, 0.717) is 16.6 Å². The Morgan fingerprint density at radius 2 is 2.30 bits per heavy atom. The molecular formula is C14H16ClN3OS. The first-order valence-electron chi connectivity index (χ1n) is 6.28. The van der Waals surface area contributed by atoms with Crippen LogP contribution < -0.4 is 10.5 Å². The number of nitrogens with zero attached hydrogens (tertiary/aromatic N) is 2. The Morgan fingerprint density at radius 1 is 1.50 bits per heavy atom. The van der Waals surface area contributed by atoms with Gasteiger partial charge in [0, 0.05) is 24.7 Å². The summed E-state index contributed by atoms with van der Waals surface area (Å²) in [5.74, 6) is 0.768. The standard InChI is InChI=1S/C14H16ClN3OS/c1-10-13(15)9-18(17-10)6-3-7-19-12-5-2-4-11(8-12)14(16)20/h2,4-5,8-9H,3,6-7H2,1H3,(H2,16,20). The van der Waals surface area contributed by atoms with Crippen LogP contribution in [-0.4, -0.2) is 21.4 Å². The summed E-state index contributed by atoms with van der Waals surface area (Å²) in [5.41, 5.74) is 7.24. The Kier molecular flexibility index (Phi) is 4.98. The number of aryl methyl sites for hydroxylation is 2. The van der Waals surface area contributed by atoms with Gasteiger partial charge in [-0.25, -0.2) is 0 Å². The lowest BCUT2D eigenvalue weighted by atomic mass is 10.2. The lowest BCUT2D eigenvalue weighted by Gasteiger charge is -2.07. The molecule has 4 nitrogen and oxygen atoms in total. The highest BCUT2D eigenvalue weighted by atomic mass is 35.5. The molecule has 2 aromatic rings. The number of ether oxygens (including phenoxy) is 1. The zero-order valence-corrected chi connectivity index (χ0v) is 12.7. The highest BCUT2D eigenvalue weighted by molar-refractivity contribution is 7.80. The van der Waals surface area contributed by atoms with Crippen molar-refractivity contribution in [1.29, 1.82) is 0 Å². The second kappa shape index (κ2) is 6.72. The van der Waals surface area contributed by atoms with Crippen LogP contribution in [0.4, 0.5) is 0 Å². The van der Waals surface area contributed by atoms with Crippen molar-refractivity contribution in [2.45, 2.75) is 19.9 Å². The summed E-state index contributed by atoms with van der Waals surface area (Å²) in [4.78, 5) is 0.372. The Balaban J connectivity index is 1.81. The molecule has 2 rings (SSSR count). The molecule has 1 heterocycles. The van der Waals surface area contributed by atoms with Crippen molar-refractivity contribution in [3.8, 4) is 5.75 Å². The van der Waals surface area contributed by atoms with Gasteiger partial charge in [-0.1, -0.05) is 36.0 Å². The number of hydrogen-bond donors (Lipinski definition) is 1. The lowest BCUT2D eigenvalue weighted by Crippen LogP contribution is -2.09. The highest BCUT2D eigenvalue weighted by Gasteiger charge is 2.02. The molecule has 2 N–H and O–H groups in total. The predicted octanol–water partition coefficient (Wildman–Crippen LogP) is 2.95. The summed E-state index contributed by atoms with van der Waals surface area (Å²) in [6.07, 6.45) is 2.67. The number of aromatic nitrogens is 2. The Labute approximate surface area is 128 Å². The molecular weight excluding hydrogens is 294 g/mol. The average Bonchev–Trinajstić information content (AvgIpc) is 2.74. The Hall–Kier alpha value is -1.59. The van der Waals surface area contributed by atoms with Crippen LogP contribution in [0.25, 0.3) is 0 Å². The monoisotopic (exact) mass is 309 g/mol. The van der Waals surface area contributed by atoms with Crippen molar-refractivity contribution >= 4 is 28.8 Å². The predicted molar refractivity (Wildman–Crippen MR) is 84.4 cm³/mol. The second-order valence-corrected chi connectivity index (χ2v) is 5.27. The smallest absolute Gasteiger partial charge is 0.119 e. The molecule has 0 amide bonds. The average molecular weight is 310 g/mol. The van der Waals surface area contributed by atoms with Crippen LogP contribution >= 0.6 is 23.8 Å². The van der Waals surface area contributed by atoms with Gasteiger partial charge in [0.05, 0.1) is 17.3 Å². The number of nitrogens with two attached hydrogens (primary N) is 1. The quantitative estimate of drug-likeness (QED) is 0.658. The van der Waals surface area contributed by atoms with Crippen LogP contribution in [0.3, 0.4) is 0 Å². The van der Waals surface area contributed by atoms with E-state index in [-0.39, 0.29) is 0 Å². The molecule has 20 heavy (non-hydrogen) atoms. The minimum Gasteiger partial charge on any atom is -0.494 e. The molecule has 0 atom stereocenters. The summed E-state index contributed by atoms with van der Waals surface area (Å²) in [7, 11) is 0. The molecule has 0 aliphatic rings. The van der Waals surface area contributed by atoms with E-state index in [9.17, 15) is 0 Å². The summed E-state index contributed by atoms with van der Waals surface area (Å²) >= 11 is 10.9. The minimum atomic E-state index is 0.372. The van der Waals surface area contributed by atoms with Gasteiger partial charge in [-0.05, 0) is 19.1 Å². The third-order valence-corrected chi connectivity index (χ3v) is 3.41. The normalized spacial score (nSPS) is 10.5. The fraction of sp³-hybridized carbons (Fsp3) is 0.286. The molecule has 0 unspecified atom stereocenters. The van der Waals surface area contributed by atoms with Crippen molar-refractivity contribution in [2.24, 2.45) is 5.73 Å². The molecule has 106 valence electrons. The molecule has 1 aromatic heterocycles. The van der Waals surface area contributed by atoms with Crippen LogP contribution in [0.5, 0.6) is 5.75 Å². The minimum absolute atomic E-state index is 0.372. The Morgan fingerprint density at radius 3 is 2.95 bits per heavy atom. The van der Waals surface area contributed by atoms with Crippen LogP contribution in [-0.2, 0) is 6.54 Å². The van der Waals surface area contributed by atoms with E-state index in [4.69, 9.17) is 34.3 Å². The number of halogens is 1. The number of rotatable bonds is 6. The summed E-state index contributed by atoms with van der Waals surface area (Å²) in [6.45, 7) is 3.25. The van der Waals surface area contributed by atoms with Crippen molar-refractivity contribution in [3.63, 3.8) is 0 Å². The van der Waals surface area contributed by atoms with Crippen LogP contribution in [0, 0.1) is 6.92 Å². The third-order valence-electron chi connectivity index (χ3n) is 2.81. The van der Waals surface area contributed by atoms with Gasteiger partial charge in [0.1, 0.15) is 10.7 Å². The van der Waals surface area contributed by atoms with Crippen molar-refractivity contribution < 1.29 is 4.74 Å². The first-order valence-corrected chi connectivity index (χ1v) is 7.07. The summed E-state index contributed by atoms with van der Waals surface area (Å²) in [6, 6.07) is 7.47. The van der Waals surface area contributed by atoms with E-state index < -0.39 is 0 Å². The maximum absolute atomic E-state index is 5.95. The zero-order valence-electron chi connectivity index (χ0n) is 11.2. The van der Waals surface area contributed by atoms with Crippen LogP contribution in [0.1, 0.15) is 17.7 Å². The lowest BCUT2D eigenvalue weighted by molar-refractivity contribution is 0.298. The van der Waals surface area contributed by atoms with Gasteiger partial charge in [-0.15, -0.1) is 0 Å². The van der Waals surface area contributed by atoms with Gasteiger partial charge in [0.15, 0.2) is 0 Å². The van der Waals surface area contributed by atoms with Gasteiger partial charge in [-0.2, -0.15) is 5.10 Å². The van der Waals surface area contributed by atoms with Crippen molar-refractivity contribution in [2.75, 3.05) is 6.61 Å². The number of hydrogen-bond acceptors (Lipinski definition) is 3. The highest BCUT2D eigenvalue weighted by Crippen LogP contribution is 2.14. The maximum atomic E-state index is 5.95. The maximum Gasteiger partial charge on any atom is 0.119 e. The van der Waals surface area contributed by atoms with Gasteiger partial charge in [0.25, 0.3) is 0 Å². The molecule has 0 saturated carbocycles. The Bertz CT molecular complexity index is 593. The topological polar surface area (TPSA) is 53.1 Å². The largest absolute Gasteiger partial charge is 0.494 e. The van der Waals surface area contributed by atoms with E-state index in [1.807, 2.05) is 42.1 Å². The first-order chi connectivity index (χ1) is 9.56. The zero-order chi connectivity index (χ0) is 14.5. The van der Waals surface area contributed by atoms with Crippen LogP contribution in [0.2, 0.25) is 5.02 Å². The fourth-order valence-electron chi connectivity index (χ4n) is 1.76. The summed E-state index contributed by atoms with van der Waals surface area (Å²) < 4.78 is 7.49. The molecule has 0 spiro atoms. The van der Waals surface area contributed by atoms with E-state index in [1.165, 1.54) is 0 Å². The fourth-order valence-corrected chi connectivity index (χ4v) is 2.04. The SMILES string of the molecule is Cc1nn(CCCOc2cccc(C(N)=S)c2)cc1Cl. The van der Waals surface area contributed by atoms with Crippen LogP contribution in [0.15, 0.2) is 30.5 Å². The first kappa shape index (κ1) is 14.8. The molecule has 0 radical (unpaired) electrons. The van der Waals surface area contributed by atoms with Crippen molar-refractivity contribution in [3.05, 3.63) is 46.7 Å². The molecule has 0 aliphatic heterocycles. The molecule has 0 bridgehead atoms. The molecule has 6 heteroatoms. The van der Waals surface area contributed by atoms with E-state index in [1.54, 1.807) is 0 Å². The molecule has 0 aliphatic carbocycles. The number of thiocarbonyl (C=S) groups is 1. The van der Waals surface area contributed by atoms with Crippen molar-refractivity contribution in [1.82, 2.24) is 9.78 Å². The second-order valence-electron chi connectivity index (χ2n) is 4.42. The van der Waals surface area contributed by atoms with Gasteiger partial charge in [0.2, 0.25) is 0 Å². The molecule has 1 aromatic carbocycles. The summed E-state index contributed by atoms with van der Waals surface area (Å²) in [5, 5.41) is 4.98.